The van der Waals surface area contributed by atoms with Crippen molar-refractivity contribution >= 4 is 35.3 Å². The lowest BCUT2D eigenvalue weighted by atomic mass is 10.1. The number of nitrogens with one attached hydrogen (secondary N) is 1. The van der Waals surface area contributed by atoms with Crippen LogP contribution in [0.1, 0.15) is 52.1 Å². The summed E-state index contributed by atoms with van der Waals surface area (Å²) in [5, 5.41) is 11.8. The molecule has 190 valence electrons. The van der Waals surface area contributed by atoms with E-state index in [0.717, 1.165) is 11.3 Å². The van der Waals surface area contributed by atoms with Crippen LogP contribution in [0.4, 0.5) is 5.69 Å². The Hall–Kier alpha value is -3.86. The van der Waals surface area contributed by atoms with Crippen molar-refractivity contribution in [2.24, 2.45) is 0 Å². The zero-order valence-electron chi connectivity index (χ0n) is 20.7. The first-order valence-electron chi connectivity index (χ1n) is 11.2. The Morgan fingerprint density at radius 2 is 1.61 bits per heavy atom. The van der Waals surface area contributed by atoms with Gasteiger partial charge in [0.25, 0.3) is 0 Å². The number of aryl methyl sites for hydroxylation is 1. The summed E-state index contributed by atoms with van der Waals surface area (Å²) in [7, 11) is 2.46. The van der Waals surface area contributed by atoms with Gasteiger partial charge < -0.3 is 24.1 Å². The molecule has 0 aliphatic heterocycles. The molecule has 2 aromatic carbocycles. The predicted octanol–water partition coefficient (Wildman–Crippen LogP) is 4.05. The predicted molar refractivity (Wildman–Crippen MR) is 134 cm³/mol. The lowest BCUT2D eigenvalue weighted by molar-refractivity contribution is -0.113. The summed E-state index contributed by atoms with van der Waals surface area (Å²) in [6, 6.07) is 11.9. The summed E-state index contributed by atoms with van der Waals surface area (Å²) in [5.74, 6) is -0.231. The van der Waals surface area contributed by atoms with Gasteiger partial charge in [0.05, 0.1) is 31.1 Å². The number of benzene rings is 2. The van der Waals surface area contributed by atoms with Crippen molar-refractivity contribution in [3.63, 3.8) is 0 Å². The molecular formula is C25H28N4O6S. The minimum atomic E-state index is -0.642. The van der Waals surface area contributed by atoms with Crippen LogP contribution >= 0.6 is 11.8 Å². The van der Waals surface area contributed by atoms with E-state index in [1.54, 1.807) is 0 Å². The highest BCUT2D eigenvalue weighted by atomic mass is 32.2. The fourth-order valence-corrected chi connectivity index (χ4v) is 4.19. The van der Waals surface area contributed by atoms with E-state index in [9.17, 15) is 14.4 Å². The lowest BCUT2D eigenvalue weighted by Crippen LogP contribution is -2.17. The third-order valence-corrected chi connectivity index (χ3v) is 6.12. The quantitative estimate of drug-likeness (QED) is 0.317. The second-order valence-corrected chi connectivity index (χ2v) is 8.72. The molecule has 0 spiro atoms. The van der Waals surface area contributed by atoms with Gasteiger partial charge in [0.1, 0.15) is 5.75 Å². The molecular weight excluding hydrogens is 484 g/mol. The highest BCUT2D eigenvalue weighted by Crippen LogP contribution is 2.25. The number of hydrogen-bond acceptors (Lipinski definition) is 9. The minimum absolute atomic E-state index is 0.0291. The average molecular weight is 513 g/mol. The van der Waals surface area contributed by atoms with E-state index < -0.39 is 11.9 Å². The van der Waals surface area contributed by atoms with Gasteiger partial charge >= 0.3 is 11.9 Å². The largest absolute Gasteiger partial charge is 0.483 e. The monoisotopic (exact) mass is 512 g/mol. The first kappa shape index (κ1) is 26.7. The fraction of sp³-hybridized carbons (Fsp3) is 0.320. The number of carbonyl (C=O) groups is 3. The number of rotatable bonds is 10. The number of nitrogens with zero attached hydrogens (tertiary/aromatic N) is 3. The smallest absolute Gasteiger partial charge is 0.337 e. The molecule has 3 rings (SSSR count). The van der Waals surface area contributed by atoms with E-state index in [4.69, 9.17) is 14.2 Å². The van der Waals surface area contributed by atoms with Gasteiger partial charge in [-0.2, -0.15) is 0 Å². The first-order chi connectivity index (χ1) is 17.2. The molecule has 1 atom stereocenters. The number of methoxy groups -OCH3 is 2. The number of carbonyl (C=O) groups excluding carboxylic acids is 3. The fourth-order valence-electron chi connectivity index (χ4n) is 3.38. The van der Waals surface area contributed by atoms with Gasteiger partial charge in [0.15, 0.2) is 17.1 Å². The van der Waals surface area contributed by atoms with Gasteiger partial charge in [0, 0.05) is 12.2 Å². The number of hydrogen-bond donors (Lipinski definition) is 1. The molecule has 3 aromatic rings. The van der Waals surface area contributed by atoms with Crippen LogP contribution in [0.2, 0.25) is 0 Å². The second-order valence-electron chi connectivity index (χ2n) is 7.78. The zero-order chi connectivity index (χ0) is 26.2. The van der Waals surface area contributed by atoms with Gasteiger partial charge in [-0.15, -0.1) is 10.2 Å². The Labute approximate surface area is 213 Å². The molecule has 0 saturated carbocycles. The van der Waals surface area contributed by atoms with Gasteiger partial charge in [-0.1, -0.05) is 29.5 Å². The van der Waals surface area contributed by atoms with E-state index in [0.29, 0.717) is 17.5 Å². The molecule has 11 heteroatoms. The van der Waals surface area contributed by atoms with Crippen molar-refractivity contribution in [3.05, 3.63) is 65.0 Å². The summed E-state index contributed by atoms with van der Waals surface area (Å²) < 4.78 is 17.3. The Bertz CT molecular complexity index is 1210. The molecule has 0 aliphatic rings. The van der Waals surface area contributed by atoms with Crippen molar-refractivity contribution < 1.29 is 28.6 Å². The highest BCUT2D eigenvalue weighted by Gasteiger charge is 2.20. The molecule has 1 N–H and O–H groups in total. The summed E-state index contributed by atoms with van der Waals surface area (Å²) in [4.78, 5) is 36.6. The van der Waals surface area contributed by atoms with Gasteiger partial charge in [-0.05, 0) is 51.1 Å². The molecule has 0 fully saturated rings. The average Bonchev–Trinajstić information content (AvgIpc) is 3.30. The SMILES string of the molecule is CCn1c(SCC(=O)Nc2cc(C(=O)OC)cc(C(=O)OC)c2)nnc1C(C)Oc1ccc(C)cc1. The van der Waals surface area contributed by atoms with Crippen LogP contribution < -0.4 is 10.1 Å². The van der Waals surface area contributed by atoms with Crippen molar-refractivity contribution in [3.8, 4) is 5.75 Å². The Kier molecular flexibility index (Phi) is 9.07. The number of anilines is 1. The molecule has 1 heterocycles. The molecule has 0 radical (unpaired) electrons. The maximum Gasteiger partial charge on any atom is 0.337 e. The lowest BCUT2D eigenvalue weighted by Gasteiger charge is -2.15. The van der Waals surface area contributed by atoms with Crippen LogP contribution in [-0.4, -0.2) is 52.6 Å². The molecule has 1 unspecified atom stereocenters. The van der Waals surface area contributed by atoms with Gasteiger partial charge in [-0.3, -0.25) is 4.79 Å². The third kappa shape index (κ3) is 6.63. The second kappa shape index (κ2) is 12.2. The van der Waals surface area contributed by atoms with Crippen LogP contribution in [0.5, 0.6) is 5.75 Å². The third-order valence-electron chi connectivity index (χ3n) is 5.15. The number of esters is 2. The number of ether oxygens (including phenoxy) is 3. The van der Waals surface area contributed by atoms with E-state index in [1.165, 1.54) is 44.2 Å². The van der Waals surface area contributed by atoms with Gasteiger partial charge in [-0.25, -0.2) is 9.59 Å². The molecule has 0 bridgehead atoms. The van der Waals surface area contributed by atoms with Crippen molar-refractivity contribution in [2.75, 3.05) is 25.3 Å². The first-order valence-corrected chi connectivity index (χ1v) is 12.1. The maximum absolute atomic E-state index is 12.6. The van der Waals surface area contributed by atoms with Crippen molar-refractivity contribution in [1.82, 2.24) is 14.8 Å². The van der Waals surface area contributed by atoms with Crippen LogP contribution in [0.3, 0.4) is 0 Å². The Morgan fingerprint density at radius 1 is 1.00 bits per heavy atom. The van der Waals surface area contributed by atoms with Gasteiger partial charge in [0.2, 0.25) is 5.91 Å². The number of amides is 1. The molecule has 0 saturated heterocycles. The normalized spacial score (nSPS) is 11.5. The Balaban J connectivity index is 1.68. The van der Waals surface area contributed by atoms with Crippen LogP contribution in [0.25, 0.3) is 0 Å². The summed E-state index contributed by atoms with van der Waals surface area (Å²) in [6.45, 7) is 6.46. The van der Waals surface area contributed by atoms with Crippen LogP contribution in [-0.2, 0) is 20.8 Å². The summed E-state index contributed by atoms with van der Waals surface area (Å²) in [5.41, 5.74) is 1.63. The number of thioether (sulfide) groups is 1. The molecule has 1 aromatic heterocycles. The minimum Gasteiger partial charge on any atom is -0.483 e. The van der Waals surface area contributed by atoms with E-state index in [2.05, 4.69) is 15.5 Å². The molecule has 10 nitrogen and oxygen atoms in total. The van der Waals surface area contributed by atoms with Crippen molar-refractivity contribution in [2.45, 2.75) is 38.6 Å². The van der Waals surface area contributed by atoms with E-state index >= 15 is 0 Å². The molecule has 1 amide bonds. The molecule has 36 heavy (non-hydrogen) atoms. The van der Waals surface area contributed by atoms with Crippen LogP contribution in [0, 0.1) is 6.92 Å². The van der Waals surface area contributed by atoms with Crippen molar-refractivity contribution in [1.29, 1.82) is 0 Å². The Morgan fingerprint density at radius 3 is 2.17 bits per heavy atom. The summed E-state index contributed by atoms with van der Waals surface area (Å²) in [6.07, 6.45) is -0.346. The topological polar surface area (TPSA) is 122 Å². The van der Waals surface area contributed by atoms with Crippen LogP contribution in [0.15, 0.2) is 47.6 Å². The maximum atomic E-state index is 12.6. The van der Waals surface area contributed by atoms with E-state index in [-0.39, 0.29) is 34.6 Å². The highest BCUT2D eigenvalue weighted by molar-refractivity contribution is 7.99. The number of aromatic nitrogens is 3. The zero-order valence-corrected chi connectivity index (χ0v) is 21.5. The van der Waals surface area contributed by atoms with E-state index in [1.807, 2.05) is 49.6 Å². The molecule has 0 aliphatic carbocycles. The standard InChI is InChI=1S/C25H28N4O6S/c1-6-29-22(16(3)35-20-9-7-15(2)8-10-20)27-28-25(29)36-14-21(30)26-19-12-17(23(31)33-4)11-18(13-19)24(32)34-5/h7-13,16H,6,14H2,1-5H3,(H,26,30). The summed E-state index contributed by atoms with van der Waals surface area (Å²) >= 11 is 1.21.